The predicted molar refractivity (Wildman–Crippen MR) is 63.2 cm³/mol. The molecule has 0 spiro atoms. The Hall–Kier alpha value is -2.03. The molecule has 3 heteroatoms. The molecule has 0 unspecified atom stereocenters. The Morgan fingerprint density at radius 1 is 1.31 bits per heavy atom. The SMILES string of the molecule is CCc1ccc2nc(-c3ccoc3)[nH]c2c1. The molecule has 1 aromatic carbocycles. The van der Waals surface area contributed by atoms with Crippen LogP contribution in [0.15, 0.2) is 41.2 Å². The van der Waals surface area contributed by atoms with Gasteiger partial charge in [0, 0.05) is 0 Å². The Bertz CT molecular complexity index is 608. The van der Waals surface area contributed by atoms with Crippen molar-refractivity contribution in [1.29, 1.82) is 0 Å². The molecule has 0 saturated carbocycles. The van der Waals surface area contributed by atoms with Gasteiger partial charge in [-0.05, 0) is 30.2 Å². The minimum absolute atomic E-state index is 0.858. The first-order valence-corrected chi connectivity index (χ1v) is 5.38. The molecule has 0 fully saturated rings. The third kappa shape index (κ3) is 1.41. The van der Waals surface area contributed by atoms with E-state index in [0.717, 1.165) is 28.8 Å². The monoisotopic (exact) mass is 212 g/mol. The largest absolute Gasteiger partial charge is 0.472 e. The first-order valence-electron chi connectivity index (χ1n) is 5.38. The van der Waals surface area contributed by atoms with Gasteiger partial charge in [-0.15, -0.1) is 0 Å². The normalized spacial score (nSPS) is 11.1. The number of hydrogen-bond acceptors (Lipinski definition) is 2. The molecule has 0 atom stereocenters. The van der Waals surface area contributed by atoms with Crippen LogP contribution in [0.5, 0.6) is 0 Å². The van der Waals surface area contributed by atoms with Gasteiger partial charge in [0.25, 0.3) is 0 Å². The van der Waals surface area contributed by atoms with Crippen LogP contribution in [0.4, 0.5) is 0 Å². The van der Waals surface area contributed by atoms with E-state index in [-0.39, 0.29) is 0 Å². The van der Waals surface area contributed by atoms with Crippen molar-refractivity contribution >= 4 is 11.0 Å². The molecule has 0 aliphatic carbocycles. The number of hydrogen-bond donors (Lipinski definition) is 1. The van der Waals surface area contributed by atoms with E-state index in [1.54, 1.807) is 12.5 Å². The zero-order valence-corrected chi connectivity index (χ0v) is 9.03. The van der Waals surface area contributed by atoms with Crippen molar-refractivity contribution in [2.45, 2.75) is 13.3 Å². The van der Waals surface area contributed by atoms with E-state index < -0.39 is 0 Å². The Labute approximate surface area is 93.1 Å². The number of aryl methyl sites for hydroxylation is 1. The number of H-pyrrole nitrogens is 1. The van der Waals surface area contributed by atoms with Gasteiger partial charge in [-0.3, -0.25) is 0 Å². The number of aromatic nitrogens is 2. The van der Waals surface area contributed by atoms with Crippen LogP contribution in [0.2, 0.25) is 0 Å². The maximum atomic E-state index is 5.05. The van der Waals surface area contributed by atoms with Crippen molar-refractivity contribution in [2.24, 2.45) is 0 Å². The molecule has 0 amide bonds. The summed E-state index contributed by atoms with van der Waals surface area (Å²) in [7, 11) is 0. The summed E-state index contributed by atoms with van der Waals surface area (Å²) >= 11 is 0. The third-order valence-electron chi connectivity index (χ3n) is 2.75. The topological polar surface area (TPSA) is 41.8 Å². The van der Waals surface area contributed by atoms with Crippen molar-refractivity contribution in [3.8, 4) is 11.4 Å². The van der Waals surface area contributed by atoms with E-state index in [1.165, 1.54) is 5.56 Å². The second kappa shape index (κ2) is 3.52. The van der Waals surface area contributed by atoms with Crippen LogP contribution in [0, 0.1) is 0 Å². The molecule has 0 aliphatic heterocycles. The Morgan fingerprint density at radius 2 is 2.25 bits per heavy atom. The summed E-state index contributed by atoms with van der Waals surface area (Å²) in [4.78, 5) is 7.82. The molecule has 1 N–H and O–H groups in total. The summed E-state index contributed by atoms with van der Waals surface area (Å²) in [5, 5.41) is 0. The van der Waals surface area contributed by atoms with Crippen LogP contribution in [-0.4, -0.2) is 9.97 Å². The predicted octanol–water partition coefficient (Wildman–Crippen LogP) is 3.39. The summed E-state index contributed by atoms with van der Waals surface area (Å²) in [6, 6.07) is 8.21. The summed E-state index contributed by atoms with van der Waals surface area (Å²) in [6.07, 6.45) is 4.38. The number of fused-ring (bicyclic) bond motifs is 1. The molecule has 2 aromatic heterocycles. The van der Waals surface area contributed by atoms with Crippen LogP contribution in [-0.2, 0) is 6.42 Å². The Balaban J connectivity index is 2.16. The van der Waals surface area contributed by atoms with Crippen molar-refractivity contribution in [1.82, 2.24) is 9.97 Å². The van der Waals surface area contributed by atoms with Crippen molar-refractivity contribution in [3.63, 3.8) is 0 Å². The van der Waals surface area contributed by atoms with Crippen molar-refractivity contribution < 1.29 is 4.42 Å². The second-order valence-electron chi connectivity index (χ2n) is 3.80. The maximum absolute atomic E-state index is 5.05. The van der Waals surface area contributed by atoms with Crippen LogP contribution < -0.4 is 0 Å². The van der Waals surface area contributed by atoms with Gasteiger partial charge >= 0.3 is 0 Å². The minimum Gasteiger partial charge on any atom is -0.472 e. The van der Waals surface area contributed by atoms with E-state index in [9.17, 15) is 0 Å². The lowest BCUT2D eigenvalue weighted by Crippen LogP contribution is -1.78. The van der Waals surface area contributed by atoms with E-state index >= 15 is 0 Å². The zero-order valence-electron chi connectivity index (χ0n) is 9.03. The number of nitrogens with zero attached hydrogens (tertiary/aromatic N) is 1. The van der Waals surface area contributed by atoms with E-state index in [4.69, 9.17) is 4.42 Å². The number of benzene rings is 1. The third-order valence-corrected chi connectivity index (χ3v) is 2.75. The van der Waals surface area contributed by atoms with Gasteiger partial charge in [0.1, 0.15) is 12.1 Å². The fourth-order valence-corrected chi connectivity index (χ4v) is 1.81. The van der Waals surface area contributed by atoms with E-state index in [2.05, 4.69) is 29.0 Å². The van der Waals surface area contributed by atoms with Crippen LogP contribution in [0.25, 0.3) is 22.4 Å². The molecule has 3 rings (SSSR count). The molecule has 80 valence electrons. The van der Waals surface area contributed by atoms with Crippen molar-refractivity contribution in [3.05, 3.63) is 42.4 Å². The summed E-state index contributed by atoms with van der Waals surface area (Å²) in [5.41, 5.74) is 4.37. The number of rotatable bonds is 2. The van der Waals surface area contributed by atoms with Crippen molar-refractivity contribution in [2.75, 3.05) is 0 Å². The molecule has 2 heterocycles. The number of furan rings is 1. The highest BCUT2D eigenvalue weighted by molar-refractivity contribution is 5.79. The lowest BCUT2D eigenvalue weighted by atomic mass is 10.1. The molecule has 3 nitrogen and oxygen atoms in total. The maximum Gasteiger partial charge on any atom is 0.141 e. The standard InChI is InChI=1S/C13H12N2O/c1-2-9-3-4-11-12(7-9)15-13(14-11)10-5-6-16-8-10/h3-8H,2H2,1H3,(H,14,15). The molecule has 16 heavy (non-hydrogen) atoms. The molecule has 0 radical (unpaired) electrons. The van der Waals surface area contributed by atoms with E-state index in [0.29, 0.717) is 0 Å². The van der Waals surface area contributed by atoms with Gasteiger partial charge in [-0.2, -0.15) is 0 Å². The van der Waals surface area contributed by atoms with Gasteiger partial charge in [0.05, 0.1) is 22.9 Å². The van der Waals surface area contributed by atoms with Gasteiger partial charge in [-0.25, -0.2) is 4.98 Å². The quantitative estimate of drug-likeness (QED) is 0.707. The molecule has 0 bridgehead atoms. The lowest BCUT2D eigenvalue weighted by Gasteiger charge is -1.93. The van der Waals surface area contributed by atoms with Crippen LogP contribution in [0.3, 0.4) is 0 Å². The number of imidazole rings is 1. The van der Waals surface area contributed by atoms with Gasteiger partial charge < -0.3 is 9.40 Å². The van der Waals surface area contributed by atoms with E-state index in [1.807, 2.05) is 12.1 Å². The molecule has 0 aliphatic rings. The summed E-state index contributed by atoms with van der Waals surface area (Å²) in [5.74, 6) is 0.858. The lowest BCUT2D eigenvalue weighted by molar-refractivity contribution is 0.568. The smallest absolute Gasteiger partial charge is 0.141 e. The fraction of sp³-hybridized carbons (Fsp3) is 0.154. The number of nitrogens with one attached hydrogen (secondary N) is 1. The van der Waals surface area contributed by atoms with Gasteiger partial charge in [0.15, 0.2) is 0 Å². The first-order chi connectivity index (χ1) is 7.86. The zero-order chi connectivity index (χ0) is 11.0. The van der Waals surface area contributed by atoms with Crippen LogP contribution in [0.1, 0.15) is 12.5 Å². The highest BCUT2D eigenvalue weighted by Gasteiger charge is 2.06. The minimum atomic E-state index is 0.858. The molecular formula is C13H12N2O. The number of aromatic amines is 1. The summed E-state index contributed by atoms with van der Waals surface area (Å²) < 4.78 is 5.05. The molecule has 3 aromatic rings. The van der Waals surface area contributed by atoms with Crippen LogP contribution >= 0.6 is 0 Å². The molecule has 0 saturated heterocycles. The highest BCUT2D eigenvalue weighted by atomic mass is 16.3. The average Bonchev–Trinajstić information content (AvgIpc) is 2.96. The Kier molecular flexibility index (Phi) is 2.03. The highest BCUT2D eigenvalue weighted by Crippen LogP contribution is 2.21. The average molecular weight is 212 g/mol. The van der Waals surface area contributed by atoms with Gasteiger partial charge in [-0.1, -0.05) is 13.0 Å². The van der Waals surface area contributed by atoms with Gasteiger partial charge in [0.2, 0.25) is 0 Å². The fourth-order valence-electron chi connectivity index (χ4n) is 1.81. The molecular weight excluding hydrogens is 200 g/mol. The Morgan fingerprint density at radius 3 is 3.00 bits per heavy atom. The summed E-state index contributed by atoms with van der Waals surface area (Å²) in [6.45, 7) is 2.15. The second-order valence-corrected chi connectivity index (χ2v) is 3.80. The first kappa shape index (κ1) is 9.21.